The van der Waals surface area contributed by atoms with Crippen LogP contribution in [0.5, 0.6) is 5.75 Å². The van der Waals surface area contributed by atoms with Gasteiger partial charge in [-0.2, -0.15) is 0 Å². The fourth-order valence-electron chi connectivity index (χ4n) is 2.64. The van der Waals surface area contributed by atoms with Crippen molar-refractivity contribution in [3.63, 3.8) is 0 Å². The summed E-state index contributed by atoms with van der Waals surface area (Å²) in [5, 5.41) is 12.5. The van der Waals surface area contributed by atoms with E-state index in [-0.39, 0.29) is 32.8 Å². The Morgan fingerprint density at radius 1 is 1.11 bits per heavy atom. The van der Waals surface area contributed by atoms with Gasteiger partial charge in [-0.1, -0.05) is 55.3 Å². The van der Waals surface area contributed by atoms with Crippen molar-refractivity contribution in [2.45, 2.75) is 31.6 Å². The van der Waals surface area contributed by atoms with E-state index < -0.39 is 22.2 Å². The van der Waals surface area contributed by atoms with Crippen LogP contribution in [0, 0.1) is 10.7 Å². The van der Waals surface area contributed by atoms with Gasteiger partial charge in [-0.05, 0) is 42.0 Å². The number of nitrogens with zero attached hydrogens (tertiary/aromatic N) is 3. The van der Waals surface area contributed by atoms with Crippen LogP contribution in [0.15, 0.2) is 35.5 Å². The van der Waals surface area contributed by atoms with E-state index in [2.05, 4.69) is 48.7 Å². The van der Waals surface area contributed by atoms with E-state index in [4.69, 9.17) is 37.9 Å². The Bertz CT molecular complexity index is 1220. The molecule has 0 aliphatic carbocycles. The monoisotopic (exact) mass is 560 g/mol. The Hall–Kier alpha value is -1.82. The molecule has 0 spiro atoms. The molecule has 2 aromatic carbocycles. The summed E-state index contributed by atoms with van der Waals surface area (Å²) in [6.07, 6.45) is 4.17. The Morgan fingerprint density at radius 3 is 2.43 bits per heavy atom. The zero-order valence-electron chi connectivity index (χ0n) is 20.0. The highest BCUT2D eigenvalue weighted by atomic mass is 35.5. The van der Waals surface area contributed by atoms with Crippen LogP contribution in [0.2, 0.25) is 10.0 Å². The van der Waals surface area contributed by atoms with Gasteiger partial charge in [0.1, 0.15) is 22.3 Å². The van der Waals surface area contributed by atoms with Gasteiger partial charge in [0.25, 0.3) is 0 Å². The van der Waals surface area contributed by atoms with Crippen LogP contribution >= 0.6 is 44.8 Å². The third-order valence-electron chi connectivity index (χ3n) is 5.47. The van der Waals surface area contributed by atoms with Gasteiger partial charge in [-0.15, -0.1) is 25.4 Å². The van der Waals surface area contributed by atoms with Crippen LogP contribution in [0.3, 0.4) is 0 Å². The Balaban J connectivity index is 1.69. The molecular weight excluding hydrogens is 534 g/mol. The molecule has 190 valence electrons. The molecule has 0 radical (unpaired) electrons. The van der Waals surface area contributed by atoms with E-state index in [0.29, 0.717) is 27.7 Å². The van der Waals surface area contributed by atoms with Crippen LogP contribution in [-0.2, 0) is 4.18 Å². The molecule has 0 fully saturated rings. The van der Waals surface area contributed by atoms with Crippen LogP contribution < -0.4 is 10.5 Å². The number of halogens is 3. The fraction of sp³-hybridized carbons (Fsp3) is 0.391. The summed E-state index contributed by atoms with van der Waals surface area (Å²) in [6, 6.07) is 6.93. The zero-order chi connectivity index (χ0) is 26.0. The molecule has 7 nitrogen and oxygen atoms in total. The van der Waals surface area contributed by atoms with Gasteiger partial charge in [-0.25, -0.2) is 4.39 Å². The molecule has 3 rings (SSSR count). The molecule has 12 heteroatoms. The van der Waals surface area contributed by atoms with Crippen molar-refractivity contribution in [2.24, 2.45) is 10.9 Å². The second kappa shape index (κ2) is 11.1. The SMILES string of the molecule is CC(C)(C)S(C)(C)OCC(N)COc1cc(Cl)c(-c2nnc(-c3ccc(N=O)c(Cl)c3)s2)cc1F. The minimum atomic E-state index is -1.32. The number of nitroso groups, excluding NO2 is 1. The summed E-state index contributed by atoms with van der Waals surface area (Å²) in [7, 11) is -1.32. The van der Waals surface area contributed by atoms with Gasteiger partial charge >= 0.3 is 0 Å². The fourth-order valence-corrected chi connectivity index (χ4v) is 4.90. The second-order valence-electron chi connectivity index (χ2n) is 9.13. The summed E-state index contributed by atoms with van der Waals surface area (Å²) < 4.78 is 26.5. The summed E-state index contributed by atoms with van der Waals surface area (Å²) in [5.74, 6) is -0.607. The van der Waals surface area contributed by atoms with Crippen LogP contribution in [0.25, 0.3) is 21.1 Å². The summed E-state index contributed by atoms with van der Waals surface area (Å²) >= 11 is 13.7. The topological polar surface area (TPSA) is 99.7 Å². The molecule has 2 N–H and O–H groups in total. The first-order chi connectivity index (χ1) is 16.3. The molecule has 1 atom stereocenters. The normalized spacial score (nSPS) is 13.5. The van der Waals surface area contributed by atoms with Gasteiger partial charge in [0, 0.05) is 21.9 Å². The van der Waals surface area contributed by atoms with Crippen molar-refractivity contribution in [1.29, 1.82) is 0 Å². The highest BCUT2D eigenvalue weighted by Crippen LogP contribution is 2.53. The second-order valence-corrected chi connectivity index (χ2v) is 14.9. The van der Waals surface area contributed by atoms with Gasteiger partial charge < -0.3 is 14.7 Å². The molecule has 0 saturated heterocycles. The maximum absolute atomic E-state index is 14.8. The summed E-state index contributed by atoms with van der Waals surface area (Å²) in [5.41, 5.74) is 7.28. The minimum Gasteiger partial charge on any atom is -0.489 e. The Kier molecular flexibility index (Phi) is 8.77. The number of ether oxygens (including phenoxy) is 1. The zero-order valence-corrected chi connectivity index (χ0v) is 23.1. The molecule has 1 aromatic heterocycles. The average molecular weight is 562 g/mol. The highest BCUT2D eigenvalue weighted by molar-refractivity contribution is 8.29. The van der Waals surface area contributed by atoms with Crippen LogP contribution in [0.1, 0.15) is 20.8 Å². The molecule has 1 heterocycles. The molecule has 0 aliphatic heterocycles. The standard InChI is InChI=1S/C23H27Cl2FN4O3S2/c1-23(2,3)35(4,5)33-12-14(27)11-32-20-10-16(24)15(9-18(20)26)22-29-28-21(34-22)13-6-7-19(30-31)17(25)8-13/h6-10,14H,11-12,27H2,1-5H3. The van der Waals surface area contributed by atoms with E-state index in [0.717, 1.165) is 0 Å². The van der Waals surface area contributed by atoms with Gasteiger partial charge in [0.05, 0.1) is 22.7 Å². The molecule has 1 unspecified atom stereocenters. The number of nitrogens with two attached hydrogens (primary N) is 1. The highest BCUT2D eigenvalue weighted by Gasteiger charge is 2.29. The van der Waals surface area contributed by atoms with Gasteiger partial charge in [0.15, 0.2) is 11.6 Å². The lowest BCUT2D eigenvalue weighted by molar-refractivity contribution is 0.225. The summed E-state index contributed by atoms with van der Waals surface area (Å²) in [4.78, 5) is 10.7. The first-order valence-corrected chi connectivity index (χ1v) is 14.5. The van der Waals surface area contributed by atoms with Crippen LogP contribution in [0.4, 0.5) is 10.1 Å². The number of hydrogen-bond acceptors (Lipinski definition) is 8. The maximum atomic E-state index is 14.8. The van der Waals surface area contributed by atoms with Gasteiger partial charge in [0.2, 0.25) is 0 Å². The molecule has 0 aliphatic rings. The first-order valence-electron chi connectivity index (χ1n) is 10.5. The smallest absolute Gasteiger partial charge is 0.165 e. The third kappa shape index (κ3) is 6.69. The van der Waals surface area contributed by atoms with Crippen LogP contribution in [-0.4, -0.2) is 46.7 Å². The minimum absolute atomic E-state index is 0.00917. The van der Waals surface area contributed by atoms with E-state index in [1.165, 1.54) is 29.5 Å². The molecule has 3 aromatic rings. The third-order valence-corrected chi connectivity index (χ3v) is 10.8. The number of aromatic nitrogens is 2. The number of rotatable bonds is 9. The van der Waals surface area contributed by atoms with Crippen molar-refractivity contribution < 1.29 is 13.3 Å². The first kappa shape index (κ1) is 27.8. The van der Waals surface area contributed by atoms with E-state index in [1.807, 2.05) is 0 Å². The Labute approximate surface area is 219 Å². The summed E-state index contributed by atoms with van der Waals surface area (Å²) in [6.45, 7) is 6.75. The van der Waals surface area contributed by atoms with Crippen molar-refractivity contribution in [1.82, 2.24) is 10.2 Å². The lowest BCUT2D eigenvalue weighted by Crippen LogP contribution is -2.35. The van der Waals surface area contributed by atoms with Crippen molar-refractivity contribution >= 4 is 50.5 Å². The van der Waals surface area contributed by atoms with Crippen molar-refractivity contribution in [3.05, 3.63) is 51.1 Å². The van der Waals surface area contributed by atoms with E-state index in [1.54, 1.807) is 12.1 Å². The van der Waals surface area contributed by atoms with Crippen molar-refractivity contribution in [2.75, 3.05) is 25.7 Å². The molecule has 0 bridgehead atoms. The number of hydrogen-bond donors (Lipinski definition) is 1. The predicted molar refractivity (Wildman–Crippen MR) is 145 cm³/mol. The van der Waals surface area contributed by atoms with E-state index >= 15 is 0 Å². The maximum Gasteiger partial charge on any atom is 0.165 e. The molecule has 0 amide bonds. The lowest BCUT2D eigenvalue weighted by atomic mass is 10.2. The van der Waals surface area contributed by atoms with Crippen molar-refractivity contribution in [3.8, 4) is 26.9 Å². The lowest BCUT2D eigenvalue weighted by Gasteiger charge is -2.44. The molecule has 0 saturated carbocycles. The average Bonchev–Trinajstić information content (AvgIpc) is 3.27. The van der Waals surface area contributed by atoms with E-state index in [9.17, 15) is 9.30 Å². The number of benzene rings is 2. The largest absolute Gasteiger partial charge is 0.489 e. The quantitative estimate of drug-likeness (QED) is 0.277. The molecular formula is C23H27Cl2FN4O3S2. The molecule has 35 heavy (non-hydrogen) atoms. The predicted octanol–water partition coefficient (Wildman–Crippen LogP) is 7.22. The van der Waals surface area contributed by atoms with Gasteiger partial charge in [-0.3, -0.25) is 0 Å². The Morgan fingerprint density at radius 2 is 1.80 bits per heavy atom.